The van der Waals surface area contributed by atoms with Crippen LogP contribution in [0.1, 0.15) is 48.6 Å². The molecule has 1 N–H and O–H groups in total. The van der Waals surface area contributed by atoms with Crippen molar-refractivity contribution in [2.45, 2.75) is 58.1 Å². The Hall–Kier alpha value is -2.18. The van der Waals surface area contributed by atoms with E-state index in [1.54, 1.807) is 17.7 Å². The first-order valence-electron chi connectivity index (χ1n) is 9.94. The van der Waals surface area contributed by atoms with Crippen LogP contribution in [0.25, 0.3) is 10.2 Å². The number of hydrogen-bond acceptors (Lipinski definition) is 5. The van der Waals surface area contributed by atoms with Gasteiger partial charge in [0.2, 0.25) is 0 Å². The summed E-state index contributed by atoms with van der Waals surface area (Å²) < 4.78 is 7.37. The number of fused-ring (bicyclic) bond motifs is 3. The van der Waals surface area contributed by atoms with Crippen LogP contribution in [-0.4, -0.2) is 27.4 Å². The number of aliphatic hydroxyl groups is 1. The largest absolute Gasteiger partial charge is 0.491 e. The summed E-state index contributed by atoms with van der Waals surface area (Å²) in [6.45, 7) is 4.54. The molecule has 0 spiro atoms. The third-order valence-corrected chi connectivity index (χ3v) is 6.52. The van der Waals surface area contributed by atoms with Crippen molar-refractivity contribution in [1.82, 2.24) is 9.55 Å². The average Bonchev–Trinajstić information content (AvgIpc) is 3.08. The molecular formula is C22H26N2O3S. The monoisotopic (exact) mass is 398 g/mol. The van der Waals surface area contributed by atoms with Crippen LogP contribution in [0.5, 0.6) is 5.75 Å². The zero-order valence-electron chi connectivity index (χ0n) is 16.4. The van der Waals surface area contributed by atoms with Crippen LogP contribution in [0.4, 0.5) is 0 Å². The van der Waals surface area contributed by atoms with Crippen molar-refractivity contribution in [2.75, 3.05) is 6.61 Å². The minimum atomic E-state index is -0.786. The lowest BCUT2D eigenvalue weighted by Crippen LogP contribution is -2.30. The van der Waals surface area contributed by atoms with Gasteiger partial charge in [-0.1, -0.05) is 32.0 Å². The highest BCUT2D eigenvalue weighted by Crippen LogP contribution is 2.33. The fraction of sp³-hybridized carbons (Fsp3) is 0.455. The summed E-state index contributed by atoms with van der Waals surface area (Å²) in [5.74, 6) is 1.12. The number of aryl methyl sites for hydroxylation is 2. The van der Waals surface area contributed by atoms with Gasteiger partial charge in [-0.3, -0.25) is 9.36 Å². The Balaban J connectivity index is 1.51. The fourth-order valence-electron chi connectivity index (χ4n) is 3.87. The SMILES string of the molecule is CC(C)c1ccccc1OCC(O)Cn1cnc2sc3c(c2c1=O)CCCC3. The van der Waals surface area contributed by atoms with Gasteiger partial charge in [-0.2, -0.15) is 0 Å². The molecule has 3 aromatic rings. The van der Waals surface area contributed by atoms with Crippen LogP contribution < -0.4 is 10.3 Å². The van der Waals surface area contributed by atoms with E-state index in [-0.39, 0.29) is 18.7 Å². The zero-order chi connectivity index (χ0) is 19.7. The van der Waals surface area contributed by atoms with Crippen molar-refractivity contribution >= 4 is 21.6 Å². The van der Waals surface area contributed by atoms with Gasteiger partial charge in [0.05, 0.1) is 18.3 Å². The van der Waals surface area contributed by atoms with Crippen molar-refractivity contribution in [2.24, 2.45) is 0 Å². The predicted octanol–water partition coefficient (Wildman–Crippen LogP) is 3.90. The van der Waals surface area contributed by atoms with Crippen molar-refractivity contribution in [1.29, 1.82) is 0 Å². The lowest BCUT2D eigenvalue weighted by molar-refractivity contribution is 0.0909. The molecule has 1 unspecified atom stereocenters. The van der Waals surface area contributed by atoms with Crippen LogP contribution in [0.3, 0.4) is 0 Å². The van der Waals surface area contributed by atoms with Crippen LogP contribution in [-0.2, 0) is 19.4 Å². The van der Waals surface area contributed by atoms with E-state index >= 15 is 0 Å². The molecule has 6 heteroatoms. The molecule has 0 saturated heterocycles. The number of ether oxygens (including phenoxy) is 1. The number of rotatable bonds is 6. The molecule has 2 aromatic heterocycles. The Bertz CT molecular complexity index is 1040. The van der Waals surface area contributed by atoms with E-state index in [4.69, 9.17) is 4.74 Å². The third-order valence-electron chi connectivity index (χ3n) is 5.32. The maximum Gasteiger partial charge on any atom is 0.262 e. The van der Waals surface area contributed by atoms with Crippen molar-refractivity contribution in [3.63, 3.8) is 0 Å². The second-order valence-electron chi connectivity index (χ2n) is 7.75. The van der Waals surface area contributed by atoms with E-state index in [1.807, 2.05) is 24.3 Å². The minimum absolute atomic E-state index is 0.0500. The molecule has 1 atom stereocenters. The molecule has 0 radical (unpaired) electrons. The Labute approximate surface area is 168 Å². The van der Waals surface area contributed by atoms with E-state index in [0.717, 1.165) is 40.8 Å². The average molecular weight is 399 g/mol. The summed E-state index contributed by atoms with van der Waals surface area (Å²) in [4.78, 5) is 19.6. The standard InChI is InChI=1S/C22H26N2O3S/c1-14(2)16-7-3-5-9-18(16)27-12-15(25)11-24-13-23-21-20(22(24)26)17-8-4-6-10-19(17)28-21/h3,5,7,9,13-15,25H,4,6,8,10-12H2,1-2H3. The molecule has 1 aliphatic carbocycles. The molecule has 5 nitrogen and oxygen atoms in total. The Morgan fingerprint density at radius 1 is 1.25 bits per heavy atom. The van der Waals surface area contributed by atoms with Gasteiger partial charge in [0.15, 0.2) is 0 Å². The van der Waals surface area contributed by atoms with Crippen molar-refractivity contribution in [3.8, 4) is 5.75 Å². The first-order chi connectivity index (χ1) is 13.5. The molecule has 0 saturated carbocycles. The molecule has 4 rings (SSSR count). The second kappa shape index (κ2) is 8.05. The highest BCUT2D eigenvalue weighted by molar-refractivity contribution is 7.18. The number of para-hydroxylation sites is 1. The maximum absolute atomic E-state index is 13.0. The highest BCUT2D eigenvalue weighted by atomic mass is 32.1. The van der Waals surface area contributed by atoms with E-state index in [2.05, 4.69) is 18.8 Å². The maximum atomic E-state index is 13.0. The Kier molecular flexibility index (Phi) is 5.51. The van der Waals surface area contributed by atoms with E-state index in [0.29, 0.717) is 5.92 Å². The van der Waals surface area contributed by atoms with E-state index in [9.17, 15) is 9.90 Å². The van der Waals surface area contributed by atoms with Crippen LogP contribution in [0.2, 0.25) is 0 Å². The summed E-state index contributed by atoms with van der Waals surface area (Å²) in [5, 5.41) is 11.2. The molecule has 1 aliphatic rings. The molecule has 2 heterocycles. The molecule has 148 valence electrons. The lowest BCUT2D eigenvalue weighted by Gasteiger charge is -2.17. The first-order valence-corrected chi connectivity index (χ1v) is 10.8. The number of hydrogen-bond donors (Lipinski definition) is 1. The molecule has 0 bridgehead atoms. The van der Waals surface area contributed by atoms with Gasteiger partial charge in [-0.25, -0.2) is 4.98 Å². The summed E-state index contributed by atoms with van der Waals surface area (Å²) in [7, 11) is 0. The Morgan fingerprint density at radius 2 is 2.04 bits per heavy atom. The molecular weight excluding hydrogens is 372 g/mol. The minimum Gasteiger partial charge on any atom is -0.491 e. The number of benzene rings is 1. The predicted molar refractivity (Wildman–Crippen MR) is 113 cm³/mol. The van der Waals surface area contributed by atoms with Gasteiger partial charge in [-0.15, -0.1) is 11.3 Å². The zero-order valence-corrected chi connectivity index (χ0v) is 17.2. The van der Waals surface area contributed by atoms with Crippen LogP contribution >= 0.6 is 11.3 Å². The van der Waals surface area contributed by atoms with Gasteiger partial charge < -0.3 is 9.84 Å². The van der Waals surface area contributed by atoms with Gasteiger partial charge >= 0.3 is 0 Å². The van der Waals surface area contributed by atoms with Crippen molar-refractivity contribution in [3.05, 3.63) is 57.0 Å². The quantitative estimate of drug-likeness (QED) is 0.684. The summed E-state index contributed by atoms with van der Waals surface area (Å²) in [6, 6.07) is 7.87. The second-order valence-corrected chi connectivity index (χ2v) is 8.83. The van der Waals surface area contributed by atoms with Gasteiger partial charge in [0.1, 0.15) is 23.3 Å². The number of aromatic nitrogens is 2. The highest BCUT2D eigenvalue weighted by Gasteiger charge is 2.20. The van der Waals surface area contributed by atoms with Crippen LogP contribution in [0.15, 0.2) is 35.4 Å². The first kappa shape index (κ1) is 19.2. The Morgan fingerprint density at radius 3 is 2.86 bits per heavy atom. The normalized spacial score (nSPS) is 15.0. The number of aliphatic hydroxyl groups excluding tert-OH is 1. The van der Waals surface area contributed by atoms with E-state index in [1.165, 1.54) is 21.4 Å². The summed E-state index contributed by atoms with van der Waals surface area (Å²) >= 11 is 1.64. The van der Waals surface area contributed by atoms with E-state index < -0.39 is 6.10 Å². The smallest absolute Gasteiger partial charge is 0.262 e. The topological polar surface area (TPSA) is 64.3 Å². The van der Waals surface area contributed by atoms with Gasteiger partial charge in [-0.05, 0) is 48.8 Å². The van der Waals surface area contributed by atoms with Gasteiger partial charge in [0.25, 0.3) is 5.56 Å². The summed E-state index contributed by atoms with van der Waals surface area (Å²) in [5.41, 5.74) is 2.24. The molecule has 1 aromatic carbocycles. The molecule has 0 aliphatic heterocycles. The lowest BCUT2D eigenvalue weighted by atomic mass is 9.97. The van der Waals surface area contributed by atoms with Gasteiger partial charge in [0, 0.05) is 4.88 Å². The number of thiophene rings is 1. The third kappa shape index (κ3) is 3.71. The number of nitrogens with zero attached hydrogens (tertiary/aromatic N) is 2. The molecule has 0 fully saturated rings. The summed E-state index contributed by atoms with van der Waals surface area (Å²) in [6.07, 6.45) is 5.07. The van der Waals surface area contributed by atoms with Crippen LogP contribution in [0, 0.1) is 0 Å². The molecule has 28 heavy (non-hydrogen) atoms. The fourth-order valence-corrected chi connectivity index (χ4v) is 5.09. The molecule has 0 amide bonds. The van der Waals surface area contributed by atoms with Crippen molar-refractivity contribution < 1.29 is 9.84 Å².